The Labute approximate surface area is 195 Å². The molecule has 7 nitrogen and oxygen atoms in total. The van der Waals surface area contributed by atoms with Gasteiger partial charge in [0.05, 0.1) is 26.0 Å². The molecule has 1 saturated heterocycles. The molecule has 33 heavy (non-hydrogen) atoms. The summed E-state index contributed by atoms with van der Waals surface area (Å²) >= 11 is 0. The molecule has 0 bridgehead atoms. The summed E-state index contributed by atoms with van der Waals surface area (Å²) in [7, 11) is 0. The van der Waals surface area contributed by atoms with Gasteiger partial charge < -0.3 is 19.3 Å². The smallest absolute Gasteiger partial charge is 0.134 e. The molecule has 2 heterocycles. The molecule has 176 valence electrons. The van der Waals surface area contributed by atoms with Gasteiger partial charge in [0.1, 0.15) is 30.3 Å². The maximum Gasteiger partial charge on any atom is 0.134 e. The minimum absolute atomic E-state index is 0.184. The van der Waals surface area contributed by atoms with Crippen molar-refractivity contribution in [2.24, 2.45) is 0 Å². The normalized spacial score (nSPS) is 19.2. The molecule has 1 aliphatic rings. The predicted octanol–water partition coefficient (Wildman–Crippen LogP) is 3.22. The molecule has 1 fully saturated rings. The van der Waals surface area contributed by atoms with Crippen LogP contribution in [-0.2, 0) is 17.8 Å². The van der Waals surface area contributed by atoms with Crippen LogP contribution in [0.1, 0.15) is 16.7 Å². The van der Waals surface area contributed by atoms with Crippen LogP contribution in [0.2, 0.25) is 0 Å². The van der Waals surface area contributed by atoms with Gasteiger partial charge >= 0.3 is 0 Å². The van der Waals surface area contributed by atoms with Crippen molar-refractivity contribution in [1.29, 1.82) is 0 Å². The van der Waals surface area contributed by atoms with E-state index in [4.69, 9.17) is 14.2 Å². The molecule has 0 unspecified atom stereocenters. The van der Waals surface area contributed by atoms with E-state index in [0.717, 1.165) is 34.7 Å². The summed E-state index contributed by atoms with van der Waals surface area (Å²) in [5.74, 6) is 1.59. The second-order valence-corrected chi connectivity index (χ2v) is 8.87. The highest BCUT2D eigenvalue weighted by Gasteiger charge is 2.33. The first-order chi connectivity index (χ1) is 16.0. The maximum absolute atomic E-state index is 11.2. The zero-order valence-electron chi connectivity index (χ0n) is 19.4. The zero-order valence-corrected chi connectivity index (χ0v) is 19.4. The van der Waals surface area contributed by atoms with E-state index in [1.807, 2.05) is 67.3 Å². The Morgan fingerprint density at radius 2 is 1.88 bits per heavy atom. The van der Waals surface area contributed by atoms with Crippen LogP contribution in [0.5, 0.6) is 11.5 Å². The Morgan fingerprint density at radius 1 is 1.06 bits per heavy atom. The van der Waals surface area contributed by atoms with E-state index in [9.17, 15) is 5.11 Å². The quantitative estimate of drug-likeness (QED) is 0.539. The number of hydrogen-bond donors (Lipinski definition) is 1. The average Bonchev–Trinajstić information content (AvgIpc) is 3.11. The van der Waals surface area contributed by atoms with Crippen LogP contribution in [0.4, 0.5) is 0 Å². The molecule has 0 spiro atoms. The second-order valence-electron chi connectivity index (χ2n) is 8.87. The fourth-order valence-corrected chi connectivity index (χ4v) is 3.98. The van der Waals surface area contributed by atoms with E-state index in [1.165, 1.54) is 0 Å². The Kier molecular flexibility index (Phi) is 7.65. The Balaban J connectivity index is 1.32. The first-order valence-corrected chi connectivity index (χ1v) is 11.4. The molecule has 1 N–H and O–H groups in total. The zero-order chi connectivity index (χ0) is 23.1. The minimum atomic E-state index is -1.07. The van der Waals surface area contributed by atoms with Crippen molar-refractivity contribution in [1.82, 2.24) is 14.7 Å². The summed E-state index contributed by atoms with van der Waals surface area (Å²) in [6, 6.07) is 16.0. The third-order valence-corrected chi connectivity index (χ3v) is 5.59. The van der Waals surface area contributed by atoms with Gasteiger partial charge in [0.2, 0.25) is 0 Å². The van der Waals surface area contributed by atoms with Crippen molar-refractivity contribution in [3.63, 3.8) is 0 Å². The summed E-state index contributed by atoms with van der Waals surface area (Å²) in [6.07, 6.45) is 3.85. The first-order valence-electron chi connectivity index (χ1n) is 11.4. The van der Waals surface area contributed by atoms with E-state index >= 15 is 0 Å². The lowest BCUT2D eigenvalue weighted by Gasteiger charge is -2.30. The molecular weight excluding hydrogens is 418 g/mol. The van der Waals surface area contributed by atoms with Gasteiger partial charge in [-0.05, 0) is 54.8 Å². The van der Waals surface area contributed by atoms with Crippen LogP contribution in [0.3, 0.4) is 0 Å². The number of β-amino-alcohol motifs (C(OH)–C–C–N with tert-alkyl or cyclic N) is 1. The Morgan fingerprint density at radius 3 is 2.67 bits per heavy atom. The molecule has 4 rings (SSSR count). The molecule has 1 atom stereocenters. The van der Waals surface area contributed by atoms with Crippen LogP contribution < -0.4 is 9.47 Å². The number of hydrogen-bond acceptors (Lipinski definition) is 6. The van der Waals surface area contributed by atoms with Crippen molar-refractivity contribution in [3.05, 3.63) is 77.6 Å². The summed E-state index contributed by atoms with van der Waals surface area (Å²) in [5, 5.41) is 15.5. The highest BCUT2D eigenvalue weighted by molar-refractivity contribution is 5.29. The number of benzene rings is 2. The summed E-state index contributed by atoms with van der Waals surface area (Å²) in [5.41, 5.74) is 2.32. The number of aryl methyl sites for hydroxylation is 2. The van der Waals surface area contributed by atoms with Gasteiger partial charge in [0.25, 0.3) is 0 Å². The molecule has 2 aromatic carbocycles. The lowest BCUT2D eigenvalue weighted by Crippen LogP contribution is -2.48. The van der Waals surface area contributed by atoms with E-state index in [0.29, 0.717) is 32.8 Å². The second kappa shape index (κ2) is 10.8. The van der Waals surface area contributed by atoms with Crippen LogP contribution >= 0.6 is 0 Å². The molecular formula is C26H33N3O4. The van der Waals surface area contributed by atoms with Gasteiger partial charge in [-0.15, -0.1) is 0 Å². The monoisotopic (exact) mass is 451 g/mol. The van der Waals surface area contributed by atoms with Gasteiger partial charge in [0, 0.05) is 25.8 Å². The van der Waals surface area contributed by atoms with E-state index in [-0.39, 0.29) is 13.2 Å². The van der Waals surface area contributed by atoms with Gasteiger partial charge in [-0.3, -0.25) is 9.58 Å². The molecule has 7 heteroatoms. The number of rotatable bonds is 9. The van der Waals surface area contributed by atoms with E-state index in [2.05, 4.69) is 22.1 Å². The SMILES string of the molecule is Cc1cccc(OC[C@]2(O)COCCN(Cc3cccc(OCCn4cc(C)cn4)c3)C2)c1. The fourth-order valence-electron chi connectivity index (χ4n) is 3.98. The molecule has 1 aliphatic heterocycles. The number of ether oxygens (including phenoxy) is 3. The average molecular weight is 452 g/mol. The first kappa shape index (κ1) is 23.3. The van der Waals surface area contributed by atoms with Gasteiger partial charge in [-0.2, -0.15) is 5.10 Å². The molecule has 1 aromatic heterocycles. The Hall–Kier alpha value is -2.87. The lowest BCUT2D eigenvalue weighted by molar-refractivity contribution is -0.0646. The van der Waals surface area contributed by atoms with Gasteiger partial charge in [0.15, 0.2) is 0 Å². The van der Waals surface area contributed by atoms with Crippen LogP contribution in [-0.4, -0.2) is 64.9 Å². The van der Waals surface area contributed by atoms with Crippen LogP contribution in [0.15, 0.2) is 60.9 Å². The fraction of sp³-hybridized carbons (Fsp3) is 0.423. The van der Waals surface area contributed by atoms with Gasteiger partial charge in [-0.1, -0.05) is 24.3 Å². The Bertz CT molecular complexity index is 1040. The molecule has 3 aromatic rings. The van der Waals surface area contributed by atoms with Crippen molar-refractivity contribution in [2.45, 2.75) is 32.5 Å². The highest BCUT2D eigenvalue weighted by Crippen LogP contribution is 2.20. The molecule has 0 aliphatic carbocycles. The van der Waals surface area contributed by atoms with E-state index < -0.39 is 5.60 Å². The number of aliphatic hydroxyl groups is 1. The van der Waals surface area contributed by atoms with Crippen molar-refractivity contribution in [3.8, 4) is 11.5 Å². The van der Waals surface area contributed by atoms with Crippen LogP contribution in [0, 0.1) is 13.8 Å². The van der Waals surface area contributed by atoms with E-state index in [1.54, 1.807) is 0 Å². The largest absolute Gasteiger partial charge is 0.492 e. The molecule has 0 radical (unpaired) electrons. The highest BCUT2D eigenvalue weighted by atomic mass is 16.5. The summed E-state index contributed by atoms with van der Waals surface area (Å²) < 4.78 is 19.4. The van der Waals surface area contributed by atoms with Gasteiger partial charge in [-0.25, -0.2) is 0 Å². The summed E-state index contributed by atoms with van der Waals surface area (Å²) in [6.45, 7) is 8.24. The molecule has 0 saturated carbocycles. The minimum Gasteiger partial charge on any atom is -0.492 e. The predicted molar refractivity (Wildman–Crippen MR) is 127 cm³/mol. The topological polar surface area (TPSA) is 69.0 Å². The molecule has 0 amide bonds. The van der Waals surface area contributed by atoms with Crippen molar-refractivity contribution in [2.75, 3.05) is 39.5 Å². The third kappa shape index (κ3) is 7.05. The van der Waals surface area contributed by atoms with Crippen LogP contribution in [0.25, 0.3) is 0 Å². The van der Waals surface area contributed by atoms with Crippen molar-refractivity contribution < 1.29 is 19.3 Å². The third-order valence-electron chi connectivity index (χ3n) is 5.59. The standard InChI is InChI=1S/C26H33N3O4/c1-21-5-3-7-24(13-21)33-20-26(30)18-28(9-11-31-19-26)17-23-6-4-8-25(14-23)32-12-10-29-16-22(2)15-27-29/h3-8,13-16,30H,9-12,17-20H2,1-2H3/t26-/m1/s1. The lowest BCUT2D eigenvalue weighted by atomic mass is 10.1. The summed E-state index contributed by atoms with van der Waals surface area (Å²) in [4.78, 5) is 2.21. The maximum atomic E-state index is 11.2. The van der Waals surface area contributed by atoms with Crippen molar-refractivity contribution >= 4 is 0 Å². The number of aromatic nitrogens is 2. The number of nitrogens with zero attached hydrogens (tertiary/aromatic N) is 3.